The molecule has 1 heterocycles. The number of benzene rings is 2. The number of rotatable bonds is 4. The minimum Gasteiger partial charge on any atom is -0.361 e. The molecule has 1 saturated heterocycles. The summed E-state index contributed by atoms with van der Waals surface area (Å²) in [5, 5.41) is 6.42. The van der Waals surface area contributed by atoms with E-state index >= 15 is 0 Å². The molecule has 0 unspecified atom stereocenters. The van der Waals surface area contributed by atoms with Gasteiger partial charge in [-0.1, -0.05) is 46.4 Å². The predicted molar refractivity (Wildman–Crippen MR) is 122 cm³/mol. The maximum absolute atomic E-state index is 13.1. The van der Waals surface area contributed by atoms with E-state index in [4.69, 9.17) is 52.1 Å². The topological polar surface area (TPSA) is 151 Å². The highest BCUT2D eigenvalue weighted by Gasteiger charge is 2.50. The largest absolute Gasteiger partial charge is 0.361 e. The predicted octanol–water partition coefficient (Wildman–Crippen LogP) is 2.39. The number of hydrogen-bond donors (Lipinski definition) is 3. The van der Waals surface area contributed by atoms with Gasteiger partial charge in [0.25, 0.3) is 11.8 Å². The molecular formula is C19H11Cl4N5O5. The lowest BCUT2D eigenvalue weighted by Crippen LogP contribution is -2.37. The van der Waals surface area contributed by atoms with Crippen LogP contribution in [0.2, 0.25) is 20.1 Å². The van der Waals surface area contributed by atoms with Gasteiger partial charge in [-0.05, 0) is 36.4 Å². The van der Waals surface area contributed by atoms with Crippen molar-refractivity contribution in [3.8, 4) is 0 Å². The molecule has 0 radical (unpaired) electrons. The van der Waals surface area contributed by atoms with Gasteiger partial charge in [0.05, 0.1) is 21.4 Å². The molecule has 1 fully saturated rings. The van der Waals surface area contributed by atoms with E-state index < -0.39 is 41.2 Å². The van der Waals surface area contributed by atoms with E-state index in [2.05, 4.69) is 10.4 Å². The van der Waals surface area contributed by atoms with Crippen molar-refractivity contribution in [2.24, 2.45) is 16.8 Å². The first kappa shape index (κ1) is 24.5. The second-order valence-corrected chi connectivity index (χ2v) is 8.11. The van der Waals surface area contributed by atoms with Crippen LogP contribution in [-0.4, -0.2) is 35.2 Å². The van der Waals surface area contributed by atoms with Crippen LogP contribution in [0.3, 0.4) is 0 Å². The Hall–Kier alpha value is -3.18. The average Bonchev–Trinajstić information content (AvgIpc) is 2.98. The Morgan fingerprint density at radius 3 is 2.12 bits per heavy atom. The van der Waals surface area contributed by atoms with Crippen LogP contribution < -0.4 is 21.4 Å². The molecule has 33 heavy (non-hydrogen) atoms. The molecule has 0 bridgehead atoms. The molecule has 14 heteroatoms. The van der Waals surface area contributed by atoms with Crippen LogP contribution in [-0.2, 0) is 24.0 Å². The number of carbonyl (C=O) groups excluding carboxylic acids is 5. The number of nitrogens with two attached hydrogens (primary N) is 1. The van der Waals surface area contributed by atoms with E-state index in [0.717, 1.165) is 0 Å². The Bertz CT molecular complexity index is 1250. The summed E-state index contributed by atoms with van der Waals surface area (Å²) in [6.07, 6.45) is 0. The van der Waals surface area contributed by atoms with E-state index in [1.807, 2.05) is 0 Å². The Kier molecular flexibility index (Phi) is 7.23. The Labute approximate surface area is 205 Å². The lowest BCUT2D eigenvalue weighted by molar-refractivity contribution is -0.137. The minimum atomic E-state index is -1.83. The molecule has 0 aromatic heterocycles. The van der Waals surface area contributed by atoms with Crippen molar-refractivity contribution in [2.75, 3.05) is 10.2 Å². The lowest BCUT2D eigenvalue weighted by atomic mass is 10.0. The average molecular weight is 531 g/mol. The molecule has 1 aliphatic rings. The number of primary amides is 1. The summed E-state index contributed by atoms with van der Waals surface area (Å²) < 4.78 is 0. The van der Waals surface area contributed by atoms with E-state index in [1.165, 1.54) is 36.4 Å². The second kappa shape index (κ2) is 9.75. The van der Waals surface area contributed by atoms with Crippen LogP contribution in [0.4, 0.5) is 11.4 Å². The summed E-state index contributed by atoms with van der Waals surface area (Å²) in [5.41, 5.74) is 5.90. The summed E-state index contributed by atoms with van der Waals surface area (Å²) in [4.78, 5) is 62.2. The molecule has 2 aromatic rings. The van der Waals surface area contributed by atoms with Crippen molar-refractivity contribution in [3.63, 3.8) is 0 Å². The van der Waals surface area contributed by atoms with E-state index in [1.54, 1.807) is 5.43 Å². The Morgan fingerprint density at radius 1 is 0.939 bits per heavy atom. The number of nitrogens with zero attached hydrogens (tertiary/aromatic N) is 2. The third-order valence-corrected chi connectivity index (χ3v) is 5.35. The minimum absolute atomic E-state index is 0.0609. The standard InChI is InChI=1S/C19H11Cl4N5O5/c20-7-1-3-11(9(22)5-7)25-16(30)13-14(26-27-17(31)15(24)29)19(33)28(18(13)32)12-4-2-8(21)6-10(12)23/h1-6,13H,(H2,24,29)(H,25,30)(H,27,31)/b26-14-/t13-/m1/s1. The molecule has 0 spiro atoms. The van der Waals surface area contributed by atoms with E-state index in [9.17, 15) is 24.0 Å². The van der Waals surface area contributed by atoms with Crippen molar-refractivity contribution in [3.05, 3.63) is 56.5 Å². The van der Waals surface area contributed by atoms with Crippen molar-refractivity contribution < 1.29 is 24.0 Å². The Morgan fingerprint density at radius 2 is 1.55 bits per heavy atom. The van der Waals surface area contributed by atoms with Crippen molar-refractivity contribution in [1.29, 1.82) is 0 Å². The van der Waals surface area contributed by atoms with Crippen molar-refractivity contribution in [1.82, 2.24) is 5.43 Å². The number of amides is 5. The molecule has 1 aliphatic heterocycles. The van der Waals surface area contributed by atoms with Gasteiger partial charge in [-0.25, -0.2) is 10.3 Å². The third-order valence-electron chi connectivity index (χ3n) is 4.27. The number of nitrogens with one attached hydrogen (secondary N) is 2. The van der Waals surface area contributed by atoms with E-state index in [0.29, 0.717) is 9.92 Å². The first-order chi connectivity index (χ1) is 15.5. The van der Waals surface area contributed by atoms with Crippen LogP contribution in [0.15, 0.2) is 41.5 Å². The van der Waals surface area contributed by atoms with Gasteiger partial charge in [0.2, 0.25) is 5.91 Å². The smallest absolute Gasteiger partial charge is 0.329 e. The maximum atomic E-state index is 13.1. The molecular weight excluding hydrogens is 520 g/mol. The highest BCUT2D eigenvalue weighted by Crippen LogP contribution is 2.34. The van der Waals surface area contributed by atoms with E-state index in [-0.39, 0.29) is 26.4 Å². The summed E-state index contributed by atoms with van der Waals surface area (Å²) >= 11 is 23.9. The van der Waals surface area contributed by atoms with Gasteiger partial charge >= 0.3 is 11.8 Å². The lowest BCUT2D eigenvalue weighted by Gasteiger charge is -2.16. The van der Waals surface area contributed by atoms with Gasteiger partial charge < -0.3 is 11.1 Å². The fourth-order valence-corrected chi connectivity index (χ4v) is 3.73. The second-order valence-electron chi connectivity index (χ2n) is 6.42. The number of carbonyl (C=O) groups is 5. The molecule has 0 aliphatic carbocycles. The number of hydrogen-bond acceptors (Lipinski definition) is 6. The zero-order valence-electron chi connectivity index (χ0n) is 16.1. The van der Waals surface area contributed by atoms with Gasteiger partial charge in [-0.3, -0.25) is 24.0 Å². The quantitative estimate of drug-likeness (QED) is 0.240. The summed E-state index contributed by atoms with van der Waals surface area (Å²) in [7, 11) is 0. The zero-order valence-corrected chi connectivity index (χ0v) is 19.1. The third kappa shape index (κ3) is 5.09. The summed E-state index contributed by atoms with van der Waals surface area (Å²) in [6, 6.07) is 8.11. The SMILES string of the molecule is NC(=O)C(=O)N/N=C1\C(=O)N(c2ccc(Cl)cc2Cl)C(=O)[C@H]1C(=O)Nc1ccc(Cl)cc1Cl. The van der Waals surface area contributed by atoms with Gasteiger partial charge in [0, 0.05) is 10.0 Å². The summed E-state index contributed by atoms with van der Waals surface area (Å²) in [6.45, 7) is 0. The monoisotopic (exact) mass is 529 g/mol. The van der Waals surface area contributed by atoms with Crippen LogP contribution in [0.25, 0.3) is 0 Å². The van der Waals surface area contributed by atoms with Gasteiger partial charge in [0.1, 0.15) is 5.71 Å². The van der Waals surface area contributed by atoms with Gasteiger partial charge in [-0.2, -0.15) is 5.10 Å². The van der Waals surface area contributed by atoms with Crippen LogP contribution >= 0.6 is 46.4 Å². The Balaban J connectivity index is 2.03. The van der Waals surface area contributed by atoms with Crippen LogP contribution in [0, 0.1) is 5.92 Å². The van der Waals surface area contributed by atoms with Gasteiger partial charge in [0.15, 0.2) is 5.92 Å². The molecule has 1 atom stereocenters. The number of hydrazone groups is 1. The normalized spacial score (nSPS) is 16.8. The maximum Gasteiger partial charge on any atom is 0.329 e. The van der Waals surface area contributed by atoms with Crippen LogP contribution in [0.5, 0.6) is 0 Å². The molecule has 170 valence electrons. The molecule has 3 rings (SSSR count). The molecule has 10 nitrogen and oxygen atoms in total. The molecule has 0 saturated carbocycles. The molecule has 2 aromatic carbocycles. The van der Waals surface area contributed by atoms with Crippen molar-refractivity contribution in [2.45, 2.75) is 0 Å². The number of anilines is 2. The fraction of sp³-hybridized carbons (Fsp3) is 0.0526. The highest BCUT2D eigenvalue weighted by atomic mass is 35.5. The summed E-state index contributed by atoms with van der Waals surface area (Å²) in [5.74, 6) is -7.70. The molecule has 5 amide bonds. The zero-order chi connectivity index (χ0) is 24.4. The fourth-order valence-electron chi connectivity index (χ4n) is 2.79. The van der Waals surface area contributed by atoms with Gasteiger partial charge in [-0.15, -0.1) is 0 Å². The van der Waals surface area contributed by atoms with Crippen molar-refractivity contribution >= 4 is 93.0 Å². The van der Waals surface area contributed by atoms with Crippen LogP contribution in [0.1, 0.15) is 0 Å². The first-order valence-electron chi connectivity index (χ1n) is 8.78. The number of halogens is 4. The highest BCUT2D eigenvalue weighted by molar-refractivity contribution is 6.62. The number of imide groups is 1. The first-order valence-corrected chi connectivity index (χ1v) is 10.3. The molecule has 4 N–H and O–H groups in total.